The first kappa shape index (κ1) is 15.5. The highest BCUT2D eigenvalue weighted by Gasteiger charge is 2.23. The SMILES string of the molecule is CC(CC#N)N(C)C(=O)N(C)c1ccccc1C(=O)O. The maximum atomic E-state index is 12.3. The Morgan fingerprint density at radius 3 is 2.50 bits per heavy atom. The Bertz CT molecular complexity index is 551. The van der Waals surface area contributed by atoms with E-state index >= 15 is 0 Å². The standard InChI is InChI=1S/C14H17N3O3/c1-10(8-9-15)16(2)14(20)17(3)12-7-5-4-6-11(12)13(18)19/h4-7,10H,8H2,1-3H3,(H,18,19). The van der Waals surface area contributed by atoms with Gasteiger partial charge >= 0.3 is 12.0 Å². The number of hydrogen-bond acceptors (Lipinski definition) is 3. The Hall–Kier alpha value is -2.55. The third-order valence-electron chi connectivity index (χ3n) is 3.13. The summed E-state index contributed by atoms with van der Waals surface area (Å²) in [6.45, 7) is 1.76. The number of nitrogens with zero attached hydrogens (tertiary/aromatic N) is 3. The number of carbonyl (C=O) groups is 2. The van der Waals surface area contributed by atoms with Crippen LogP contribution in [0.1, 0.15) is 23.7 Å². The summed E-state index contributed by atoms with van der Waals surface area (Å²) in [6, 6.07) is 7.70. The zero-order valence-corrected chi connectivity index (χ0v) is 11.7. The van der Waals surface area contributed by atoms with Gasteiger partial charge in [-0.15, -0.1) is 0 Å². The summed E-state index contributed by atoms with van der Waals surface area (Å²) < 4.78 is 0. The van der Waals surface area contributed by atoms with Crippen molar-refractivity contribution >= 4 is 17.7 Å². The lowest BCUT2D eigenvalue weighted by Crippen LogP contribution is -2.43. The van der Waals surface area contributed by atoms with Crippen LogP contribution in [0.2, 0.25) is 0 Å². The molecule has 20 heavy (non-hydrogen) atoms. The number of para-hydroxylation sites is 1. The molecule has 0 bridgehead atoms. The quantitative estimate of drug-likeness (QED) is 0.912. The van der Waals surface area contributed by atoms with Crippen molar-refractivity contribution in [3.05, 3.63) is 29.8 Å². The number of nitriles is 1. The van der Waals surface area contributed by atoms with Crippen LogP contribution in [-0.4, -0.2) is 42.1 Å². The number of amides is 2. The van der Waals surface area contributed by atoms with Crippen LogP contribution in [-0.2, 0) is 0 Å². The van der Waals surface area contributed by atoms with Crippen LogP contribution in [0.3, 0.4) is 0 Å². The van der Waals surface area contributed by atoms with E-state index in [1.165, 1.54) is 22.9 Å². The maximum Gasteiger partial charge on any atom is 0.337 e. The van der Waals surface area contributed by atoms with Crippen molar-refractivity contribution in [2.45, 2.75) is 19.4 Å². The Labute approximate surface area is 117 Å². The second-order valence-corrected chi connectivity index (χ2v) is 4.49. The van der Waals surface area contributed by atoms with E-state index in [4.69, 9.17) is 10.4 Å². The lowest BCUT2D eigenvalue weighted by molar-refractivity contribution is 0.0697. The molecule has 2 amide bonds. The fourth-order valence-electron chi connectivity index (χ4n) is 1.74. The van der Waals surface area contributed by atoms with Crippen molar-refractivity contribution in [2.75, 3.05) is 19.0 Å². The summed E-state index contributed by atoms with van der Waals surface area (Å²) >= 11 is 0. The predicted molar refractivity (Wildman–Crippen MR) is 74.7 cm³/mol. The highest BCUT2D eigenvalue weighted by Crippen LogP contribution is 2.20. The summed E-state index contributed by atoms with van der Waals surface area (Å²) in [7, 11) is 3.10. The molecule has 0 aliphatic heterocycles. The number of carbonyl (C=O) groups excluding carboxylic acids is 1. The third-order valence-corrected chi connectivity index (χ3v) is 3.13. The van der Waals surface area contributed by atoms with Gasteiger partial charge in [0.25, 0.3) is 0 Å². The second kappa shape index (κ2) is 6.57. The fraction of sp³-hybridized carbons (Fsp3) is 0.357. The molecule has 1 N–H and O–H groups in total. The van der Waals surface area contributed by atoms with E-state index in [1.54, 1.807) is 32.2 Å². The molecule has 1 unspecified atom stereocenters. The number of rotatable bonds is 4. The molecule has 1 aromatic carbocycles. The monoisotopic (exact) mass is 275 g/mol. The average molecular weight is 275 g/mol. The summed E-state index contributed by atoms with van der Waals surface area (Å²) in [5, 5.41) is 17.8. The van der Waals surface area contributed by atoms with Crippen LogP contribution in [0.5, 0.6) is 0 Å². The van der Waals surface area contributed by atoms with E-state index in [2.05, 4.69) is 0 Å². The minimum atomic E-state index is -1.09. The number of aromatic carboxylic acids is 1. The van der Waals surface area contributed by atoms with E-state index in [1.807, 2.05) is 6.07 Å². The molecule has 6 heteroatoms. The molecule has 106 valence electrons. The Morgan fingerprint density at radius 1 is 1.35 bits per heavy atom. The predicted octanol–water partition coefficient (Wildman–Crippen LogP) is 2.17. The number of carboxylic acid groups (broad SMARTS) is 1. The van der Waals surface area contributed by atoms with Gasteiger partial charge in [-0.05, 0) is 19.1 Å². The van der Waals surface area contributed by atoms with Gasteiger partial charge in [-0.2, -0.15) is 5.26 Å². The van der Waals surface area contributed by atoms with E-state index in [0.717, 1.165) is 0 Å². The average Bonchev–Trinajstić information content (AvgIpc) is 2.45. The van der Waals surface area contributed by atoms with Gasteiger partial charge in [0, 0.05) is 20.1 Å². The molecule has 1 rings (SSSR count). The first-order valence-corrected chi connectivity index (χ1v) is 6.10. The van der Waals surface area contributed by atoms with Crippen LogP contribution < -0.4 is 4.90 Å². The minimum Gasteiger partial charge on any atom is -0.478 e. The van der Waals surface area contributed by atoms with Crippen molar-refractivity contribution in [3.63, 3.8) is 0 Å². The summed E-state index contributed by atoms with van der Waals surface area (Å²) in [6.07, 6.45) is 0.219. The molecular weight excluding hydrogens is 258 g/mol. The third kappa shape index (κ3) is 3.26. The van der Waals surface area contributed by atoms with Crippen LogP contribution >= 0.6 is 0 Å². The van der Waals surface area contributed by atoms with Crippen LogP contribution in [0.15, 0.2) is 24.3 Å². The normalized spacial score (nSPS) is 11.3. The van der Waals surface area contributed by atoms with E-state index in [-0.39, 0.29) is 24.1 Å². The van der Waals surface area contributed by atoms with Gasteiger partial charge in [-0.3, -0.25) is 4.90 Å². The van der Waals surface area contributed by atoms with E-state index in [0.29, 0.717) is 5.69 Å². The molecule has 0 radical (unpaired) electrons. The van der Waals surface area contributed by atoms with Gasteiger partial charge in [0.15, 0.2) is 0 Å². The Balaban J connectivity index is 3.01. The zero-order valence-electron chi connectivity index (χ0n) is 11.7. The summed E-state index contributed by atoms with van der Waals surface area (Å²) in [4.78, 5) is 26.1. The van der Waals surface area contributed by atoms with Crippen molar-refractivity contribution in [1.29, 1.82) is 5.26 Å². The first-order chi connectivity index (χ1) is 9.40. The lowest BCUT2D eigenvalue weighted by Gasteiger charge is -2.29. The highest BCUT2D eigenvalue weighted by molar-refractivity contribution is 6.01. The number of hydrogen-bond donors (Lipinski definition) is 1. The molecule has 1 atom stereocenters. The molecule has 0 spiro atoms. The minimum absolute atomic E-state index is 0.0599. The molecule has 1 aromatic rings. The number of anilines is 1. The molecule has 0 aliphatic carbocycles. The number of carboxylic acids is 1. The molecule has 0 aliphatic rings. The smallest absolute Gasteiger partial charge is 0.337 e. The summed E-state index contributed by atoms with van der Waals surface area (Å²) in [5.41, 5.74) is 0.380. The van der Waals surface area contributed by atoms with Crippen molar-refractivity contribution < 1.29 is 14.7 Å². The molecule has 0 aromatic heterocycles. The van der Waals surface area contributed by atoms with Crippen LogP contribution in [0, 0.1) is 11.3 Å². The molecule has 0 heterocycles. The summed E-state index contributed by atoms with van der Waals surface area (Å²) in [5.74, 6) is -1.09. The maximum absolute atomic E-state index is 12.3. The first-order valence-electron chi connectivity index (χ1n) is 6.10. The lowest BCUT2D eigenvalue weighted by atomic mass is 10.1. The molecule has 0 saturated carbocycles. The number of benzene rings is 1. The van der Waals surface area contributed by atoms with E-state index < -0.39 is 5.97 Å². The van der Waals surface area contributed by atoms with Crippen LogP contribution in [0.25, 0.3) is 0 Å². The van der Waals surface area contributed by atoms with Crippen molar-refractivity contribution in [2.24, 2.45) is 0 Å². The van der Waals surface area contributed by atoms with E-state index in [9.17, 15) is 9.59 Å². The highest BCUT2D eigenvalue weighted by atomic mass is 16.4. The van der Waals surface area contributed by atoms with Gasteiger partial charge < -0.3 is 10.0 Å². The van der Waals surface area contributed by atoms with Crippen LogP contribution in [0.4, 0.5) is 10.5 Å². The molecule has 6 nitrogen and oxygen atoms in total. The second-order valence-electron chi connectivity index (χ2n) is 4.49. The number of urea groups is 1. The Morgan fingerprint density at radius 2 is 1.95 bits per heavy atom. The van der Waals surface area contributed by atoms with Gasteiger partial charge in [-0.25, -0.2) is 9.59 Å². The van der Waals surface area contributed by atoms with Gasteiger partial charge in [0.1, 0.15) is 0 Å². The zero-order chi connectivity index (χ0) is 15.3. The molecule has 0 saturated heterocycles. The largest absolute Gasteiger partial charge is 0.478 e. The van der Waals surface area contributed by atoms with Gasteiger partial charge in [0.2, 0.25) is 0 Å². The Kier molecular flexibility index (Phi) is 5.09. The fourth-order valence-corrected chi connectivity index (χ4v) is 1.74. The molecular formula is C14H17N3O3. The van der Waals surface area contributed by atoms with Gasteiger partial charge in [-0.1, -0.05) is 12.1 Å². The van der Waals surface area contributed by atoms with Gasteiger partial charge in [0.05, 0.1) is 23.7 Å². The van der Waals surface area contributed by atoms with Crippen molar-refractivity contribution in [1.82, 2.24) is 4.90 Å². The molecule has 0 fully saturated rings. The topological polar surface area (TPSA) is 84.6 Å². The van der Waals surface area contributed by atoms with Crippen molar-refractivity contribution in [3.8, 4) is 6.07 Å².